The molecule has 1 heterocycles. The van der Waals surface area contributed by atoms with Crippen LogP contribution in [0, 0.1) is 11.8 Å². The Kier molecular flexibility index (Phi) is 7.53. The molecule has 4 nitrogen and oxygen atoms in total. The van der Waals surface area contributed by atoms with E-state index < -0.39 is 0 Å². The molecule has 26 heavy (non-hydrogen) atoms. The van der Waals surface area contributed by atoms with E-state index in [0.717, 1.165) is 5.84 Å². The maximum atomic E-state index is 5.01. The van der Waals surface area contributed by atoms with Gasteiger partial charge in [0.2, 0.25) is 0 Å². The summed E-state index contributed by atoms with van der Waals surface area (Å²) < 4.78 is 0. The van der Waals surface area contributed by atoms with E-state index in [2.05, 4.69) is 31.2 Å². The van der Waals surface area contributed by atoms with Crippen LogP contribution in [0.15, 0.2) is 10.1 Å². The minimum atomic E-state index is 0.488. The summed E-state index contributed by atoms with van der Waals surface area (Å²) in [5, 5.41) is 5.01. The molecule has 4 heteroatoms. The quantitative estimate of drug-likeness (QED) is 0.436. The lowest BCUT2D eigenvalue weighted by Crippen LogP contribution is -2.46. The lowest BCUT2D eigenvalue weighted by atomic mass is 9.81. The highest BCUT2D eigenvalue weighted by molar-refractivity contribution is 5.93. The van der Waals surface area contributed by atoms with Crippen LogP contribution in [0.1, 0.15) is 90.9 Å². The number of hydrazone groups is 1. The number of likely N-dealkylation sites (tertiary alicyclic amines) is 1. The molecular weight excluding hydrogens is 320 g/mol. The second-order valence-corrected chi connectivity index (χ2v) is 9.02. The van der Waals surface area contributed by atoms with Crippen molar-refractivity contribution in [3.8, 4) is 0 Å². The molecule has 2 aliphatic carbocycles. The Balaban J connectivity index is 1.70. The number of piperidine rings is 1. The first-order valence-electron chi connectivity index (χ1n) is 11.2. The molecule has 3 unspecified atom stereocenters. The Morgan fingerprint density at radius 3 is 2.31 bits per heavy atom. The van der Waals surface area contributed by atoms with E-state index in [9.17, 15) is 0 Å². The predicted molar refractivity (Wildman–Crippen MR) is 112 cm³/mol. The third-order valence-corrected chi connectivity index (χ3v) is 6.91. The van der Waals surface area contributed by atoms with E-state index in [0.29, 0.717) is 23.9 Å². The molecule has 0 amide bonds. The first-order valence-corrected chi connectivity index (χ1v) is 11.2. The van der Waals surface area contributed by atoms with Gasteiger partial charge in [-0.05, 0) is 65.0 Å². The minimum Gasteiger partial charge on any atom is -0.298 e. The molecule has 148 valence electrons. The Hall–Kier alpha value is -0.900. The largest absolute Gasteiger partial charge is 0.298 e. The number of hydrogen-bond acceptors (Lipinski definition) is 3. The third kappa shape index (κ3) is 5.31. The van der Waals surface area contributed by atoms with Crippen molar-refractivity contribution in [1.29, 1.82) is 0 Å². The molecule has 2 saturated carbocycles. The number of nitrogens with zero attached hydrogens (tertiary/aromatic N) is 3. The van der Waals surface area contributed by atoms with Crippen molar-refractivity contribution in [3.63, 3.8) is 0 Å². The van der Waals surface area contributed by atoms with Gasteiger partial charge in [0.05, 0.1) is 11.8 Å². The van der Waals surface area contributed by atoms with Crippen molar-refractivity contribution in [2.45, 2.75) is 103 Å². The molecular formula is C22H40N4. The average molecular weight is 361 g/mol. The Labute approximate surface area is 160 Å². The van der Waals surface area contributed by atoms with Crippen molar-refractivity contribution < 1.29 is 0 Å². The summed E-state index contributed by atoms with van der Waals surface area (Å²) in [6, 6.07) is 1.02. The summed E-state index contributed by atoms with van der Waals surface area (Å²) in [4.78, 5) is 7.52. The van der Waals surface area contributed by atoms with Gasteiger partial charge in [-0.1, -0.05) is 45.4 Å². The number of rotatable bonds is 4. The van der Waals surface area contributed by atoms with E-state index >= 15 is 0 Å². The topological polar surface area (TPSA) is 40.0 Å². The summed E-state index contributed by atoms with van der Waals surface area (Å²) in [5.74, 6) is 2.39. The molecule has 3 aliphatic rings. The summed E-state index contributed by atoms with van der Waals surface area (Å²) in [7, 11) is 2.28. The highest BCUT2D eigenvalue weighted by atomic mass is 15.3. The fourth-order valence-corrected chi connectivity index (χ4v) is 5.20. The first-order chi connectivity index (χ1) is 12.6. The standard InChI is InChI=1S/C22H40N4/c1-17-11-7-8-14-20(17)23-18(2)24-25-22(19-12-5-4-6-13-19)21-15-9-10-16-26(21)3/h17,19-21H,4-16H2,1-3H3,(H,23,24)/b25-22+. The predicted octanol–water partition coefficient (Wildman–Crippen LogP) is 4.99. The first kappa shape index (κ1) is 19.9. The van der Waals surface area contributed by atoms with E-state index in [1.807, 2.05) is 0 Å². The second-order valence-electron chi connectivity index (χ2n) is 9.02. The normalized spacial score (nSPS) is 33.3. The van der Waals surface area contributed by atoms with Gasteiger partial charge in [0.1, 0.15) is 5.84 Å². The highest BCUT2D eigenvalue weighted by Gasteiger charge is 2.30. The van der Waals surface area contributed by atoms with Crippen molar-refractivity contribution in [2.75, 3.05) is 13.6 Å². The second kappa shape index (κ2) is 9.87. The monoisotopic (exact) mass is 360 g/mol. The molecule has 0 spiro atoms. The molecule has 0 bridgehead atoms. The van der Waals surface area contributed by atoms with Crippen molar-refractivity contribution in [1.82, 2.24) is 10.3 Å². The summed E-state index contributed by atoms with van der Waals surface area (Å²) in [6.45, 7) is 5.67. The van der Waals surface area contributed by atoms with Crippen molar-refractivity contribution in [3.05, 3.63) is 0 Å². The van der Waals surface area contributed by atoms with E-state index in [-0.39, 0.29) is 0 Å². The summed E-state index contributed by atoms with van der Waals surface area (Å²) >= 11 is 0. The summed E-state index contributed by atoms with van der Waals surface area (Å²) in [5.41, 5.74) is 4.79. The van der Waals surface area contributed by atoms with Gasteiger partial charge in [-0.15, -0.1) is 0 Å². The number of aliphatic imine (C=N–C) groups is 1. The van der Waals surface area contributed by atoms with E-state index in [4.69, 9.17) is 10.1 Å². The van der Waals surface area contributed by atoms with Crippen LogP contribution >= 0.6 is 0 Å². The molecule has 3 rings (SSSR count). The zero-order valence-corrected chi connectivity index (χ0v) is 17.3. The lowest BCUT2D eigenvalue weighted by molar-refractivity contribution is 0.226. The number of amidine groups is 1. The van der Waals surface area contributed by atoms with Gasteiger partial charge in [-0.25, -0.2) is 0 Å². The van der Waals surface area contributed by atoms with Crippen LogP contribution < -0.4 is 5.43 Å². The van der Waals surface area contributed by atoms with Crippen LogP contribution in [0.3, 0.4) is 0 Å². The van der Waals surface area contributed by atoms with Crippen LogP contribution in [0.25, 0.3) is 0 Å². The van der Waals surface area contributed by atoms with Crippen LogP contribution in [0.4, 0.5) is 0 Å². The Morgan fingerprint density at radius 1 is 0.885 bits per heavy atom. The Bertz CT molecular complexity index is 492. The molecule has 1 N–H and O–H groups in total. The summed E-state index contributed by atoms with van der Waals surface area (Å²) in [6.07, 6.45) is 16.0. The SMILES string of the molecule is C/C(=N\C1CCCCC1C)N/N=C(\C1CCCCC1)C1CCCCN1C. The van der Waals surface area contributed by atoms with Crippen LogP contribution in [0.5, 0.6) is 0 Å². The smallest absolute Gasteiger partial charge is 0.114 e. The van der Waals surface area contributed by atoms with Gasteiger partial charge in [-0.2, -0.15) is 5.10 Å². The number of nitrogens with one attached hydrogen (secondary N) is 1. The molecule has 1 saturated heterocycles. The van der Waals surface area contributed by atoms with Gasteiger partial charge in [0, 0.05) is 12.0 Å². The molecule has 3 fully saturated rings. The Morgan fingerprint density at radius 2 is 1.58 bits per heavy atom. The maximum Gasteiger partial charge on any atom is 0.114 e. The molecule has 3 atom stereocenters. The van der Waals surface area contributed by atoms with E-state index in [1.165, 1.54) is 89.3 Å². The van der Waals surface area contributed by atoms with Gasteiger partial charge >= 0.3 is 0 Å². The van der Waals surface area contributed by atoms with Crippen LogP contribution in [-0.4, -0.2) is 42.1 Å². The molecule has 0 radical (unpaired) electrons. The maximum absolute atomic E-state index is 5.01. The molecule has 0 aromatic rings. The fraction of sp³-hybridized carbons (Fsp3) is 0.909. The van der Waals surface area contributed by atoms with Gasteiger partial charge in [0.25, 0.3) is 0 Å². The van der Waals surface area contributed by atoms with Gasteiger partial charge in [0.15, 0.2) is 0 Å². The third-order valence-electron chi connectivity index (χ3n) is 6.91. The molecule has 1 aliphatic heterocycles. The van der Waals surface area contributed by atoms with Crippen molar-refractivity contribution in [2.24, 2.45) is 21.9 Å². The lowest BCUT2D eigenvalue weighted by Gasteiger charge is -2.37. The van der Waals surface area contributed by atoms with E-state index in [1.54, 1.807) is 0 Å². The minimum absolute atomic E-state index is 0.488. The zero-order chi connectivity index (χ0) is 18.4. The molecule has 0 aromatic heterocycles. The van der Waals surface area contributed by atoms with Crippen molar-refractivity contribution >= 4 is 11.5 Å². The van der Waals surface area contributed by atoms with Gasteiger partial charge < -0.3 is 0 Å². The fourth-order valence-electron chi connectivity index (χ4n) is 5.20. The number of hydrogen-bond donors (Lipinski definition) is 1. The van der Waals surface area contributed by atoms with Crippen LogP contribution in [0.2, 0.25) is 0 Å². The van der Waals surface area contributed by atoms with Gasteiger partial charge in [-0.3, -0.25) is 15.3 Å². The average Bonchev–Trinajstić information content (AvgIpc) is 2.66. The highest BCUT2D eigenvalue weighted by Crippen LogP contribution is 2.30. The zero-order valence-electron chi connectivity index (χ0n) is 17.3. The molecule has 0 aromatic carbocycles. The van der Waals surface area contributed by atoms with Crippen LogP contribution in [-0.2, 0) is 0 Å².